The molecule has 0 N–H and O–H groups in total. The molecule has 0 saturated carbocycles. The number of hydrogen-bond acceptors (Lipinski definition) is 2. The highest BCUT2D eigenvalue weighted by Crippen LogP contribution is 2.18. The molecule has 0 bridgehead atoms. The van der Waals surface area contributed by atoms with Gasteiger partial charge in [-0.05, 0) is 31.4 Å². The van der Waals surface area contributed by atoms with Gasteiger partial charge in [-0.2, -0.15) is 5.10 Å². The zero-order valence-corrected chi connectivity index (χ0v) is 10.0. The van der Waals surface area contributed by atoms with Crippen LogP contribution in [0.5, 0.6) is 0 Å². The molecule has 3 heteroatoms. The minimum atomic E-state index is 0.251. The highest BCUT2D eigenvalue weighted by molar-refractivity contribution is 5.82. The average molecular weight is 206 g/mol. The maximum absolute atomic E-state index is 10.9. The Hall–Kier alpha value is -1.38. The van der Waals surface area contributed by atoms with Crippen molar-refractivity contribution in [3.63, 3.8) is 0 Å². The molecule has 0 fully saturated rings. The van der Waals surface area contributed by atoms with Crippen molar-refractivity contribution in [3.8, 4) is 0 Å². The molecule has 0 amide bonds. The van der Waals surface area contributed by atoms with Gasteiger partial charge in [-0.1, -0.05) is 13.8 Å². The Morgan fingerprint density at radius 3 is 2.33 bits per heavy atom. The van der Waals surface area contributed by atoms with Gasteiger partial charge in [-0.3, -0.25) is 9.48 Å². The van der Waals surface area contributed by atoms with E-state index >= 15 is 0 Å². The number of hydrogen-bond donors (Lipinski definition) is 0. The van der Waals surface area contributed by atoms with Gasteiger partial charge in [0.2, 0.25) is 0 Å². The van der Waals surface area contributed by atoms with Crippen molar-refractivity contribution in [1.82, 2.24) is 9.78 Å². The van der Waals surface area contributed by atoms with Crippen molar-refractivity contribution in [2.45, 2.75) is 27.7 Å². The van der Waals surface area contributed by atoms with Gasteiger partial charge in [0.25, 0.3) is 0 Å². The first-order valence-electron chi connectivity index (χ1n) is 5.14. The average Bonchev–Trinajstić information content (AvgIpc) is 2.39. The maximum Gasteiger partial charge on any atom is 0.146 e. The fourth-order valence-corrected chi connectivity index (χ4v) is 1.50. The molecule has 0 aliphatic carbocycles. The van der Waals surface area contributed by atoms with E-state index in [4.69, 9.17) is 0 Å². The van der Waals surface area contributed by atoms with E-state index in [9.17, 15) is 4.79 Å². The summed E-state index contributed by atoms with van der Waals surface area (Å²) in [5.41, 5.74) is 3.94. The Labute approximate surface area is 90.8 Å². The largest absolute Gasteiger partial charge is 0.298 e. The van der Waals surface area contributed by atoms with Crippen LogP contribution in [-0.2, 0) is 11.8 Å². The van der Waals surface area contributed by atoms with Crippen LogP contribution in [0.1, 0.15) is 30.8 Å². The SMILES string of the molecule is Cc1nn(C)c(C)c1/C=C(\C=O)C(C)C. The Morgan fingerprint density at radius 1 is 1.40 bits per heavy atom. The van der Waals surface area contributed by atoms with E-state index in [1.807, 2.05) is 45.5 Å². The number of carbonyl (C=O) groups excluding carboxylic acids is 1. The van der Waals surface area contributed by atoms with Crippen molar-refractivity contribution in [2.75, 3.05) is 0 Å². The number of aldehydes is 1. The first-order valence-corrected chi connectivity index (χ1v) is 5.14. The summed E-state index contributed by atoms with van der Waals surface area (Å²) in [5.74, 6) is 0.251. The lowest BCUT2D eigenvalue weighted by molar-refractivity contribution is -0.105. The predicted octanol–water partition coefficient (Wildman–Crippen LogP) is 2.28. The highest BCUT2D eigenvalue weighted by atomic mass is 16.1. The Morgan fingerprint density at radius 2 is 2.00 bits per heavy atom. The van der Waals surface area contributed by atoms with Gasteiger partial charge in [-0.15, -0.1) is 0 Å². The lowest BCUT2D eigenvalue weighted by Gasteiger charge is -2.03. The molecule has 0 unspecified atom stereocenters. The molecule has 0 radical (unpaired) electrons. The van der Waals surface area contributed by atoms with Crippen LogP contribution in [0.3, 0.4) is 0 Å². The van der Waals surface area contributed by atoms with Crippen molar-refractivity contribution in [1.29, 1.82) is 0 Å². The molecule has 0 saturated heterocycles. The van der Waals surface area contributed by atoms with Crippen molar-refractivity contribution >= 4 is 12.4 Å². The minimum Gasteiger partial charge on any atom is -0.298 e. The van der Waals surface area contributed by atoms with Gasteiger partial charge in [-0.25, -0.2) is 0 Å². The van der Waals surface area contributed by atoms with Crippen LogP contribution < -0.4 is 0 Å². The fraction of sp³-hybridized carbons (Fsp3) is 0.500. The second kappa shape index (κ2) is 4.43. The van der Waals surface area contributed by atoms with E-state index in [1.165, 1.54) is 0 Å². The first-order chi connectivity index (χ1) is 6.97. The molecule has 1 aromatic rings. The summed E-state index contributed by atoms with van der Waals surface area (Å²) in [6.07, 6.45) is 2.87. The molecule has 82 valence electrons. The second-order valence-electron chi connectivity index (χ2n) is 4.12. The zero-order valence-electron chi connectivity index (χ0n) is 10.0. The molecule has 1 aromatic heterocycles. The van der Waals surface area contributed by atoms with E-state index in [1.54, 1.807) is 0 Å². The van der Waals surface area contributed by atoms with E-state index in [0.29, 0.717) is 0 Å². The molecular formula is C12H18N2O. The van der Waals surface area contributed by atoms with Gasteiger partial charge < -0.3 is 0 Å². The summed E-state index contributed by atoms with van der Waals surface area (Å²) >= 11 is 0. The van der Waals surface area contributed by atoms with Crippen LogP contribution in [-0.4, -0.2) is 16.1 Å². The number of aryl methyl sites for hydroxylation is 2. The highest BCUT2D eigenvalue weighted by Gasteiger charge is 2.09. The smallest absolute Gasteiger partial charge is 0.146 e. The van der Waals surface area contributed by atoms with E-state index in [-0.39, 0.29) is 5.92 Å². The summed E-state index contributed by atoms with van der Waals surface area (Å²) in [6, 6.07) is 0. The van der Waals surface area contributed by atoms with Gasteiger partial charge in [0.05, 0.1) is 5.69 Å². The summed E-state index contributed by atoms with van der Waals surface area (Å²) in [4.78, 5) is 10.9. The topological polar surface area (TPSA) is 34.9 Å². The predicted molar refractivity (Wildman–Crippen MR) is 61.6 cm³/mol. The summed E-state index contributed by atoms with van der Waals surface area (Å²) in [6.45, 7) is 8.00. The molecule has 0 atom stereocenters. The number of rotatable bonds is 3. The Bertz CT molecular complexity index is 400. The molecule has 0 spiro atoms. The molecule has 0 aliphatic rings. The molecule has 1 rings (SSSR count). The number of allylic oxidation sites excluding steroid dienone is 1. The summed E-state index contributed by atoms with van der Waals surface area (Å²) in [5, 5.41) is 4.31. The van der Waals surface area contributed by atoms with Crippen LogP contribution in [0, 0.1) is 19.8 Å². The third-order valence-electron chi connectivity index (χ3n) is 2.68. The van der Waals surface area contributed by atoms with Gasteiger partial charge >= 0.3 is 0 Å². The van der Waals surface area contributed by atoms with Crippen LogP contribution in [0.2, 0.25) is 0 Å². The third kappa shape index (κ3) is 2.35. The Kier molecular flexibility index (Phi) is 3.45. The quantitative estimate of drug-likeness (QED) is 0.561. The normalized spacial score (nSPS) is 12.3. The molecule has 3 nitrogen and oxygen atoms in total. The van der Waals surface area contributed by atoms with Crippen LogP contribution >= 0.6 is 0 Å². The summed E-state index contributed by atoms with van der Waals surface area (Å²) < 4.78 is 1.84. The van der Waals surface area contributed by atoms with Gasteiger partial charge in [0, 0.05) is 18.3 Å². The lowest BCUT2D eigenvalue weighted by Crippen LogP contribution is -1.96. The number of nitrogens with zero attached hydrogens (tertiary/aromatic N) is 2. The van der Waals surface area contributed by atoms with E-state index < -0.39 is 0 Å². The second-order valence-corrected chi connectivity index (χ2v) is 4.12. The molecular weight excluding hydrogens is 188 g/mol. The lowest BCUT2D eigenvalue weighted by atomic mass is 10.0. The summed E-state index contributed by atoms with van der Waals surface area (Å²) in [7, 11) is 1.91. The van der Waals surface area contributed by atoms with E-state index in [2.05, 4.69) is 5.10 Å². The maximum atomic E-state index is 10.9. The molecule has 15 heavy (non-hydrogen) atoms. The fourth-order valence-electron chi connectivity index (χ4n) is 1.50. The monoisotopic (exact) mass is 206 g/mol. The zero-order chi connectivity index (χ0) is 11.6. The van der Waals surface area contributed by atoms with Crippen molar-refractivity contribution in [3.05, 3.63) is 22.5 Å². The van der Waals surface area contributed by atoms with Crippen molar-refractivity contribution in [2.24, 2.45) is 13.0 Å². The molecule has 0 aliphatic heterocycles. The standard InChI is InChI=1S/C12H18N2O/c1-8(2)11(7-15)6-12-9(3)13-14(5)10(12)4/h6-8H,1-5H3/b11-6+. The van der Waals surface area contributed by atoms with E-state index in [0.717, 1.165) is 28.8 Å². The minimum absolute atomic E-state index is 0.251. The van der Waals surface area contributed by atoms with Crippen LogP contribution in [0.4, 0.5) is 0 Å². The van der Waals surface area contributed by atoms with Gasteiger partial charge in [0.1, 0.15) is 6.29 Å². The molecule has 1 heterocycles. The van der Waals surface area contributed by atoms with Gasteiger partial charge in [0.15, 0.2) is 0 Å². The number of carbonyl (C=O) groups is 1. The Balaban J connectivity index is 3.22. The van der Waals surface area contributed by atoms with Crippen LogP contribution in [0.25, 0.3) is 6.08 Å². The first kappa shape index (κ1) is 11.7. The van der Waals surface area contributed by atoms with Crippen LogP contribution in [0.15, 0.2) is 5.57 Å². The van der Waals surface area contributed by atoms with Crippen molar-refractivity contribution < 1.29 is 4.79 Å². The number of aromatic nitrogens is 2. The third-order valence-corrected chi connectivity index (χ3v) is 2.68. The molecule has 0 aromatic carbocycles.